The van der Waals surface area contributed by atoms with Crippen molar-refractivity contribution in [2.45, 2.75) is 12.1 Å². The van der Waals surface area contributed by atoms with Gasteiger partial charge in [-0.1, -0.05) is 36.4 Å². The number of hydrogen-bond acceptors (Lipinski definition) is 3. The van der Waals surface area contributed by atoms with Gasteiger partial charge in [-0.05, 0) is 11.6 Å². The third kappa shape index (κ3) is 2.27. The summed E-state index contributed by atoms with van der Waals surface area (Å²) < 4.78 is 0. The van der Waals surface area contributed by atoms with Crippen molar-refractivity contribution < 1.29 is 5.11 Å². The van der Waals surface area contributed by atoms with Crippen molar-refractivity contribution in [3.8, 4) is 0 Å². The summed E-state index contributed by atoms with van der Waals surface area (Å²) in [4.78, 5) is 3.97. The van der Waals surface area contributed by atoms with Crippen molar-refractivity contribution in [1.29, 1.82) is 0 Å². The Kier molecular flexibility index (Phi) is 3.29. The maximum absolute atomic E-state index is 10.1. The molecule has 1 heterocycles. The molecule has 3 heteroatoms. The van der Waals surface area contributed by atoms with Crippen LogP contribution in [0, 0.1) is 0 Å². The number of nitrogens with two attached hydrogens (primary N) is 1. The molecular formula is C13H14N2O. The first-order valence-electron chi connectivity index (χ1n) is 5.17. The Balaban J connectivity index is 2.20. The van der Waals surface area contributed by atoms with E-state index in [0.29, 0.717) is 0 Å². The van der Waals surface area contributed by atoms with Gasteiger partial charge in [0.2, 0.25) is 0 Å². The Morgan fingerprint density at radius 2 is 1.69 bits per heavy atom. The van der Waals surface area contributed by atoms with Crippen LogP contribution in [-0.4, -0.2) is 10.1 Å². The highest BCUT2D eigenvalue weighted by atomic mass is 16.3. The maximum atomic E-state index is 10.1. The zero-order valence-corrected chi connectivity index (χ0v) is 8.82. The molecule has 2 aromatic rings. The molecule has 1 aromatic carbocycles. The van der Waals surface area contributed by atoms with E-state index in [2.05, 4.69) is 4.98 Å². The van der Waals surface area contributed by atoms with Crippen molar-refractivity contribution >= 4 is 0 Å². The molecule has 0 saturated carbocycles. The van der Waals surface area contributed by atoms with E-state index >= 15 is 0 Å². The highest BCUT2D eigenvalue weighted by Gasteiger charge is 2.18. The number of aromatic nitrogens is 1. The summed E-state index contributed by atoms with van der Waals surface area (Å²) >= 11 is 0. The van der Waals surface area contributed by atoms with Crippen LogP contribution in [0.15, 0.2) is 54.9 Å². The number of nitrogens with zero attached hydrogens (tertiary/aromatic N) is 1. The summed E-state index contributed by atoms with van der Waals surface area (Å²) in [6, 6.07) is 12.7. The van der Waals surface area contributed by atoms with Crippen LogP contribution in [0.1, 0.15) is 23.3 Å². The molecule has 16 heavy (non-hydrogen) atoms. The fourth-order valence-electron chi connectivity index (χ4n) is 1.62. The molecule has 0 aliphatic heterocycles. The minimum absolute atomic E-state index is 0.426. The van der Waals surface area contributed by atoms with Gasteiger partial charge in [-0.3, -0.25) is 4.98 Å². The summed E-state index contributed by atoms with van der Waals surface area (Å²) in [6.07, 6.45) is 2.58. The van der Waals surface area contributed by atoms with Gasteiger partial charge in [0.25, 0.3) is 0 Å². The molecule has 2 rings (SSSR count). The quantitative estimate of drug-likeness (QED) is 0.819. The van der Waals surface area contributed by atoms with Gasteiger partial charge >= 0.3 is 0 Å². The Morgan fingerprint density at radius 1 is 1.00 bits per heavy atom. The van der Waals surface area contributed by atoms with Gasteiger partial charge in [0, 0.05) is 18.0 Å². The van der Waals surface area contributed by atoms with E-state index in [4.69, 9.17) is 5.73 Å². The lowest BCUT2D eigenvalue weighted by Crippen LogP contribution is -2.19. The van der Waals surface area contributed by atoms with Gasteiger partial charge in [0.05, 0.1) is 12.1 Å². The lowest BCUT2D eigenvalue weighted by Gasteiger charge is -2.19. The summed E-state index contributed by atoms with van der Waals surface area (Å²) in [7, 11) is 0. The SMILES string of the molecule is NC(c1ccccc1)C(O)c1cccnc1. The highest BCUT2D eigenvalue weighted by Crippen LogP contribution is 2.25. The first-order chi connectivity index (χ1) is 7.79. The van der Waals surface area contributed by atoms with Crippen molar-refractivity contribution in [2.24, 2.45) is 5.73 Å². The molecule has 82 valence electrons. The maximum Gasteiger partial charge on any atom is 0.0997 e. The van der Waals surface area contributed by atoms with Crippen LogP contribution in [0.25, 0.3) is 0 Å². The van der Waals surface area contributed by atoms with Gasteiger partial charge in [-0.25, -0.2) is 0 Å². The second-order valence-electron chi connectivity index (χ2n) is 3.67. The molecule has 2 atom stereocenters. The summed E-state index contributed by atoms with van der Waals surface area (Å²) in [5.41, 5.74) is 7.64. The minimum atomic E-state index is -0.726. The second kappa shape index (κ2) is 4.88. The Labute approximate surface area is 94.6 Å². The van der Waals surface area contributed by atoms with Crippen LogP contribution in [0.2, 0.25) is 0 Å². The van der Waals surface area contributed by atoms with Crippen LogP contribution in [0.4, 0.5) is 0 Å². The van der Waals surface area contributed by atoms with E-state index in [1.54, 1.807) is 18.5 Å². The van der Waals surface area contributed by atoms with Gasteiger partial charge in [-0.15, -0.1) is 0 Å². The number of hydrogen-bond donors (Lipinski definition) is 2. The number of aliphatic hydroxyl groups is 1. The van der Waals surface area contributed by atoms with Gasteiger partial charge < -0.3 is 10.8 Å². The highest BCUT2D eigenvalue weighted by molar-refractivity contribution is 5.23. The molecule has 0 aliphatic rings. The van der Waals surface area contributed by atoms with E-state index in [1.165, 1.54) is 0 Å². The lowest BCUT2D eigenvalue weighted by molar-refractivity contribution is 0.146. The topological polar surface area (TPSA) is 59.1 Å². The largest absolute Gasteiger partial charge is 0.386 e. The van der Waals surface area contributed by atoms with E-state index < -0.39 is 12.1 Å². The molecule has 1 aromatic heterocycles. The number of aliphatic hydroxyl groups excluding tert-OH is 1. The molecule has 2 unspecified atom stereocenters. The van der Waals surface area contributed by atoms with E-state index in [0.717, 1.165) is 11.1 Å². The molecule has 0 saturated heterocycles. The standard InChI is InChI=1S/C13H14N2O/c14-12(10-5-2-1-3-6-10)13(16)11-7-4-8-15-9-11/h1-9,12-13,16H,14H2. The normalized spacial score (nSPS) is 14.4. The first kappa shape index (κ1) is 10.8. The van der Waals surface area contributed by atoms with Crippen LogP contribution in [0.3, 0.4) is 0 Å². The van der Waals surface area contributed by atoms with Crippen molar-refractivity contribution in [3.63, 3.8) is 0 Å². The average Bonchev–Trinajstić information content (AvgIpc) is 2.39. The molecule has 0 radical (unpaired) electrons. The molecule has 0 fully saturated rings. The van der Waals surface area contributed by atoms with E-state index in [-0.39, 0.29) is 0 Å². The third-order valence-corrected chi connectivity index (χ3v) is 2.55. The van der Waals surface area contributed by atoms with Crippen LogP contribution >= 0.6 is 0 Å². The average molecular weight is 214 g/mol. The Morgan fingerprint density at radius 3 is 2.31 bits per heavy atom. The Hall–Kier alpha value is -1.71. The van der Waals surface area contributed by atoms with Crippen LogP contribution in [0.5, 0.6) is 0 Å². The molecule has 3 nitrogen and oxygen atoms in total. The number of benzene rings is 1. The molecule has 0 bridgehead atoms. The Bertz CT molecular complexity index is 387. The van der Waals surface area contributed by atoms with Crippen molar-refractivity contribution in [1.82, 2.24) is 4.98 Å². The molecule has 3 N–H and O–H groups in total. The smallest absolute Gasteiger partial charge is 0.0997 e. The first-order valence-corrected chi connectivity index (χ1v) is 5.17. The second-order valence-corrected chi connectivity index (χ2v) is 3.67. The van der Waals surface area contributed by atoms with Crippen molar-refractivity contribution in [3.05, 3.63) is 66.0 Å². The van der Waals surface area contributed by atoms with E-state index in [9.17, 15) is 5.11 Å². The van der Waals surface area contributed by atoms with Gasteiger partial charge in [0.15, 0.2) is 0 Å². The zero-order chi connectivity index (χ0) is 11.4. The monoisotopic (exact) mass is 214 g/mol. The van der Waals surface area contributed by atoms with E-state index in [1.807, 2.05) is 36.4 Å². The fraction of sp³-hybridized carbons (Fsp3) is 0.154. The van der Waals surface area contributed by atoms with Gasteiger partial charge in [0.1, 0.15) is 0 Å². The van der Waals surface area contributed by atoms with Gasteiger partial charge in [-0.2, -0.15) is 0 Å². The number of rotatable bonds is 3. The third-order valence-electron chi connectivity index (χ3n) is 2.55. The fourth-order valence-corrected chi connectivity index (χ4v) is 1.62. The predicted molar refractivity (Wildman–Crippen MR) is 62.6 cm³/mol. The summed E-state index contributed by atoms with van der Waals surface area (Å²) in [5, 5.41) is 10.1. The van der Waals surface area contributed by atoms with Crippen LogP contribution in [-0.2, 0) is 0 Å². The molecule has 0 amide bonds. The lowest BCUT2D eigenvalue weighted by atomic mass is 9.98. The summed E-state index contributed by atoms with van der Waals surface area (Å²) in [6.45, 7) is 0. The molecule has 0 spiro atoms. The zero-order valence-electron chi connectivity index (χ0n) is 8.82. The minimum Gasteiger partial charge on any atom is -0.386 e. The molecular weight excluding hydrogens is 200 g/mol. The number of pyridine rings is 1. The van der Waals surface area contributed by atoms with Crippen molar-refractivity contribution in [2.75, 3.05) is 0 Å². The van der Waals surface area contributed by atoms with Crippen LogP contribution < -0.4 is 5.73 Å². The summed E-state index contributed by atoms with van der Waals surface area (Å²) in [5.74, 6) is 0. The predicted octanol–water partition coefficient (Wildman–Crippen LogP) is 1.81. The molecule has 0 aliphatic carbocycles.